The molecule has 0 radical (unpaired) electrons. The number of nitrogens with two attached hydrogens (primary N) is 1. The molecule has 1 aromatic heterocycles. The van der Waals surface area contributed by atoms with Crippen LogP contribution in [0.3, 0.4) is 0 Å². The summed E-state index contributed by atoms with van der Waals surface area (Å²) >= 11 is 0. The summed E-state index contributed by atoms with van der Waals surface area (Å²) in [5.41, 5.74) is 10.1. The molecule has 1 aliphatic carbocycles. The smallest absolute Gasteiger partial charge is 0.137 e. The Bertz CT molecular complexity index is 784. The fraction of sp³-hybridized carbons (Fsp3) is 0.263. The zero-order chi connectivity index (χ0) is 14.4. The van der Waals surface area contributed by atoms with E-state index in [0.29, 0.717) is 0 Å². The standard InChI is InChI=1S/C19H19NO/c1-13-6-5-7-14-12-16(21-17(13)14)18(20)19(10-11-19)15-8-3-2-4-9-15/h2-9,12,18H,10-11,20H2,1H3. The number of rotatable bonds is 3. The first-order chi connectivity index (χ1) is 10.2. The first kappa shape index (κ1) is 12.7. The lowest BCUT2D eigenvalue weighted by molar-refractivity contribution is 0.431. The zero-order valence-corrected chi connectivity index (χ0v) is 12.2. The second-order valence-electron chi connectivity index (χ2n) is 6.14. The SMILES string of the molecule is Cc1cccc2cc(C(N)C3(c4ccccc4)CC3)oc12. The van der Waals surface area contributed by atoms with Gasteiger partial charge in [0.05, 0.1) is 6.04 Å². The normalized spacial score (nSPS) is 17.8. The Balaban J connectivity index is 1.77. The molecule has 3 aromatic rings. The number of fused-ring (bicyclic) bond motifs is 1. The molecule has 0 amide bonds. The summed E-state index contributed by atoms with van der Waals surface area (Å²) in [5, 5.41) is 1.14. The molecular weight excluding hydrogens is 258 g/mol. The molecule has 2 heteroatoms. The maximum absolute atomic E-state index is 6.59. The van der Waals surface area contributed by atoms with Gasteiger partial charge in [-0.1, -0.05) is 48.5 Å². The van der Waals surface area contributed by atoms with Crippen molar-refractivity contribution in [3.05, 3.63) is 71.5 Å². The molecule has 4 rings (SSSR count). The lowest BCUT2D eigenvalue weighted by Crippen LogP contribution is -2.25. The van der Waals surface area contributed by atoms with Crippen LogP contribution in [0.25, 0.3) is 11.0 Å². The van der Waals surface area contributed by atoms with Crippen LogP contribution in [0, 0.1) is 6.92 Å². The average molecular weight is 277 g/mol. The molecule has 0 bridgehead atoms. The van der Waals surface area contributed by atoms with Gasteiger partial charge in [0, 0.05) is 10.8 Å². The molecule has 0 aliphatic heterocycles. The summed E-state index contributed by atoms with van der Waals surface area (Å²) in [6, 6.07) is 18.8. The van der Waals surface area contributed by atoms with Crippen molar-refractivity contribution in [3.8, 4) is 0 Å². The highest BCUT2D eigenvalue weighted by Crippen LogP contribution is 2.55. The molecule has 1 fully saturated rings. The van der Waals surface area contributed by atoms with E-state index in [1.165, 1.54) is 5.56 Å². The quantitative estimate of drug-likeness (QED) is 0.767. The van der Waals surface area contributed by atoms with Crippen molar-refractivity contribution in [2.24, 2.45) is 5.73 Å². The van der Waals surface area contributed by atoms with E-state index in [2.05, 4.69) is 61.5 Å². The third kappa shape index (κ3) is 1.90. The van der Waals surface area contributed by atoms with Gasteiger partial charge in [0.1, 0.15) is 11.3 Å². The Hall–Kier alpha value is -2.06. The predicted octanol–water partition coefficient (Wildman–Crippen LogP) is 4.47. The lowest BCUT2D eigenvalue weighted by atomic mass is 9.87. The Labute approximate surface area is 124 Å². The number of hydrogen-bond donors (Lipinski definition) is 1. The van der Waals surface area contributed by atoms with Crippen LogP contribution < -0.4 is 5.73 Å². The van der Waals surface area contributed by atoms with Crippen molar-refractivity contribution in [2.75, 3.05) is 0 Å². The number of hydrogen-bond acceptors (Lipinski definition) is 2. The topological polar surface area (TPSA) is 39.2 Å². The van der Waals surface area contributed by atoms with Gasteiger partial charge < -0.3 is 10.2 Å². The first-order valence-corrected chi connectivity index (χ1v) is 7.51. The minimum atomic E-state index is -0.0771. The fourth-order valence-electron chi connectivity index (χ4n) is 3.34. The van der Waals surface area contributed by atoms with Crippen molar-refractivity contribution in [2.45, 2.75) is 31.2 Å². The summed E-state index contributed by atoms with van der Waals surface area (Å²) < 4.78 is 6.08. The molecule has 1 aliphatic rings. The zero-order valence-electron chi connectivity index (χ0n) is 12.2. The largest absolute Gasteiger partial charge is 0.459 e. The van der Waals surface area contributed by atoms with Crippen molar-refractivity contribution >= 4 is 11.0 Å². The van der Waals surface area contributed by atoms with E-state index in [0.717, 1.165) is 35.1 Å². The molecule has 1 atom stereocenters. The Morgan fingerprint density at radius 2 is 1.81 bits per heavy atom. The van der Waals surface area contributed by atoms with Crippen molar-refractivity contribution in [3.63, 3.8) is 0 Å². The highest BCUT2D eigenvalue weighted by Gasteiger charge is 2.50. The molecule has 1 unspecified atom stereocenters. The lowest BCUT2D eigenvalue weighted by Gasteiger charge is -2.22. The molecule has 2 aromatic carbocycles. The molecule has 0 saturated heterocycles. The number of furan rings is 1. The molecule has 2 nitrogen and oxygen atoms in total. The molecule has 0 spiro atoms. The van der Waals surface area contributed by atoms with Gasteiger partial charge in [-0.15, -0.1) is 0 Å². The van der Waals surface area contributed by atoms with E-state index >= 15 is 0 Å². The molecule has 106 valence electrons. The van der Waals surface area contributed by atoms with Gasteiger partial charge in [0.25, 0.3) is 0 Å². The van der Waals surface area contributed by atoms with Gasteiger partial charge in [-0.3, -0.25) is 0 Å². The number of benzene rings is 2. The van der Waals surface area contributed by atoms with Crippen LogP contribution in [0.4, 0.5) is 0 Å². The summed E-state index contributed by atoms with van der Waals surface area (Å²) in [7, 11) is 0. The van der Waals surface area contributed by atoms with Crippen LogP contribution in [0.2, 0.25) is 0 Å². The van der Waals surface area contributed by atoms with Gasteiger partial charge in [-0.05, 0) is 37.0 Å². The van der Waals surface area contributed by atoms with Crippen LogP contribution in [0.5, 0.6) is 0 Å². The fourth-order valence-corrected chi connectivity index (χ4v) is 3.34. The van der Waals surface area contributed by atoms with Crippen molar-refractivity contribution in [1.82, 2.24) is 0 Å². The minimum Gasteiger partial charge on any atom is -0.459 e. The number of aryl methyl sites for hydroxylation is 1. The van der Waals surface area contributed by atoms with Gasteiger partial charge in [0.15, 0.2) is 0 Å². The van der Waals surface area contributed by atoms with Crippen LogP contribution in [0.15, 0.2) is 59.0 Å². The molecule has 1 saturated carbocycles. The van der Waals surface area contributed by atoms with E-state index in [-0.39, 0.29) is 11.5 Å². The second-order valence-corrected chi connectivity index (χ2v) is 6.14. The molecule has 21 heavy (non-hydrogen) atoms. The highest BCUT2D eigenvalue weighted by atomic mass is 16.3. The number of para-hydroxylation sites is 1. The van der Waals surface area contributed by atoms with Gasteiger partial charge >= 0.3 is 0 Å². The van der Waals surface area contributed by atoms with Crippen LogP contribution in [-0.2, 0) is 5.41 Å². The summed E-state index contributed by atoms with van der Waals surface area (Å²) in [6.45, 7) is 2.07. The maximum atomic E-state index is 6.59. The van der Waals surface area contributed by atoms with Gasteiger partial charge in [-0.2, -0.15) is 0 Å². The monoisotopic (exact) mass is 277 g/mol. The second kappa shape index (κ2) is 4.47. The summed E-state index contributed by atoms with van der Waals surface area (Å²) in [4.78, 5) is 0. The third-order valence-electron chi connectivity index (χ3n) is 4.80. The first-order valence-electron chi connectivity index (χ1n) is 7.51. The molecule has 2 N–H and O–H groups in total. The van der Waals surface area contributed by atoms with E-state index < -0.39 is 0 Å². The Morgan fingerprint density at radius 3 is 2.48 bits per heavy atom. The predicted molar refractivity (Wildman–Crippen MR) is 85.2 cm³/mol. The Kier molecular flexibility index (Phi) is 2.69. The van der Waals surface area contributed by atoms with Gasteiger partial charge in [0.2, 0.25) is 0 Å². The van der Waals surface area contributed by atoms with E-state index in [4.69, 9.17) is 10.2 Å². The van der Waals surface area contributed by atoms with Crippen molar-refractivity contribution < 1.29 is 4.42 Å². The summed E-state index contributed by atoms with van der Waals surface area (Å²) in [6.07, 6.45) is 2.27. The summed E-state index contributed by atoms with van der Waals surface area (Å²) in [5.74, 6) is 0.903. The van der Waals surface area contributed by atoms with E-state index in [1.54, 1.807) is 0 Å². The van der Waals surface area contributed by atoms with E-state index in [1.807, 2.05) is 0 Å². The van der Waals surface area contributed by atoms with Gasteiger partial charge in [-0.25, -0.2) is 0 Å². The Morgan fingerprint density at radius 1 is 1.05 bits per heavy atom. The highest BCUT2D eigenvalue weighted by molar-refractivity contribution is 5.81. The van der Waals surface area contributed by atoms with Crippen LogP contribution in [0.1, 0.15) is 35.8 Å². The van der Waals surface area contributed by atoms with Crippen LogP contribution >= 0.6 is 0 Å². The van der Waals surface area contributed by atoms with E-state index in [9.17, 15) is 0 Å². The van der Waals surface area contributed by atoms with Crippen molar-refractivity contribution in [1.29, 1.82) is 0 Å². The van der Waals surface area contributed by atoms with Crippen LogP contribution in [-0.4, -0.2) is 0 Å². The molecular formula is C19H19NO. The third-order valence-corrected chi connectivity index (χ3v) is 4.80. The molecule has 1 heterocycles. The minimum absolute atomic E-state index is 0.0586. The average Bonchev–Trinajstić information content (AvgIpc) is 3.21. The maximum Gasteiger partial charge on any atom is 0.137 e.